The van der Waals surface area contributed by atoms with Gasteiger partial charge in [0.25, 0.3) is 5.91 Å². The van der Waals surface area contributed by atoms with Crippen LogP contribution in [0.25, 0.3) is 0 Å². The summed E-state index contributed by atoms with van der Waals surface area (Å²) in [5.41, 5.74) is 2.33. The molecule has 0 aliphatic carbocycles. The first-order valence-corrected chi connectivity index (χ1v) is 10.3. The predicted octanol–water partition coefficient (Wildman–Crippen LogP) is 3.09. The molecule has 30 heavy (non-hydrogen) atoms. The summed E-state index contributed by atoms with van der Waals surface area (Å²) in [6.07, 6.45) is 1.92. The zero-order chi connectivity index (χ0) is 21.3. The lowest BCUT2D eigenvalue weighted by Crippen LogP contribution is -2.53. The molecule has 2 heterocycles. The second kappa shape index (κ2) is 8.52. The third kappa shape index (κ3) is 4.07. The smallest absolute Gasteiger partial charge is 0.254 e. The molecule has 1 atom stereocenters. The van der Waals surface area contributed by atoms with Crippen LogP contribution in [0, 0.1) is 11.6 Å². The highest BCUT2D eigenvalue weighted by molar-refractivity contribution is 5.96. The van der Waals surface area contributed by atoms with Crippen molar-refractivity contribution in [2.45, 2.75) is 25.8 Å². The normalized spacial score (nSPS) is 19.5. The number of aryl methyl sites for hydroxylation is 1. The molecule has 1 unspecified atom stereocenters. The summed E-state index contributed by atoms with van der Waals surface area (Å²) in [6.45, 7) is 4.38. The van der Waals surface area contributed by atoms with E-state index in [4.69, 9.17) is 0 Å². The molecule has 0 bridgehead atoms. The summed E-state index contributed by atoms with van der Waals surface area (Å²) in [5, 5.41) is 0. The van der Waals surface area contributed by atoms with Crippen molar-refractivity contribution >= 4 is 17.5 Å². The Labute approximate surface area is 174 Å². The summed E-state index contributed by atoms with van der Waals surface area (Å²) < 4.78 is 26.5. The van der Waals surface area contributed by atoms with E-state index >= 15 is 0 Å². The standard InChI is InChI=1S/C23H25F2N3O2/c1-16-6-7-17-4-2-3-5-21(17)28(16)22(29)15-26-10-12-27(13-11-26)23(30)18-8-9-19(24)20(25)14-18/h2-5,8-9,14,16H,6-7,10-13,15H2,1H3. The van der Waals surface area contributed by atoms with Gasteiger partial charge in [0.05, 0.1) is 6.54 Å². The van der Waals surface area contributed by atoms with E-state index in [0.717, 1.165) is 30.7 Å². The topological polar surface area (TPSA) is 43.9 Å². The number of amides is 2. The maximum absolute atomic E-state index is 13.4. The van der Waals surface area contributed by atoms with E-state index in [-0.39, 0.29) is 23.4 Å². The van der Waals surface area contributed by atoms with Crippen LogP contribution in [-0.4, -0.2) is 60.4 Å². The molecule has 158 valence electrons. The molecule has 4 rings (SSSR count). The van der Waals surface area contributed by atoms with Crippen molar-refractivity contribution in [2.75, 3.05) is 37.6 Å². The summed E-state index contributed by atoms with van der Waals surface area (Å²) in [5.74, 6) is -2.25. The molecule has 0 radical (unpaired) electrons. The number of anilines is 1. The average Bonchev–Trinajstić information content (AvgIpc) is 2.75. The summed E-state index contributed by atoms with van der Waals surface area (Å²) in [4.78, 5) is 31.2. The van der Waals surface area contributed by atoms with E-state index in [0.29, 0.717) is 32.7 Å². The molecule has 2 aromatic carbocycles. The van der Waals surface area contributed by atoms with E-state index in [2.05, 4.69) is 13.0 Å². The Balaban J connectivity index is 1.36. The summed E-state index contributed by atoms with van der Waals surface area (Å²) in [7, 11) is 0. The predicted molar refractivity (Wildman–Crippen MR) is 110 cm³/mol. The van der Waals surface area contributed by atoms with Crippen LogP contribution in [0.5, 0.6) is 0 Å². The zero-order valence-electron chi connectivity index (χ0n) is 17.0. The van der Waals surface area contributed by atoms with Crippen molar-refractivity contribution in [3.63, 3.8) is 0 Å². The Morgan fingerprint density at radius 2 is 1.73 bits per heavy atom. The first-order chi connectivity index (χ1) is 14.4. The number of hydrogen-bond donors (Lipinski definition) is 0. The fourth-order valence-corrected chi connectivity index (χ4v) is 4.26. The molecule has 1 saturated heterocycles. The molecule has 0 spiro atoms. The fourth-order valence-electron chi connectivity index (χ4n) is 4.26. The maximum atomic E-state index is 13.4. The molecule has 1 fully saturated rings. The fraction of sp³-hybridized carbons (Fsp3) is 0.391. The molecule has 5 nitrogen and oxygen atoms in total. The van der Waals surface area contributed by atoms with Crippen LogP contribution < -0.4 is 4.90 Å². The van der Waals surface area contributed by atoms with Crippen molar-refractivity contribution in [2.24, 2.45) is 0 Å². The van der Waals surface area contributed by atoms with Gasteiger partial charge < -0.3 is 9.80 Å². The highest BCUT2D eigenvalue weighted by Crippen LogP contribution is 2.30. The van der Waals surface area contributed by atoms with E-state index < -0.39 is 11.6 Å². The van der Waals surface area contributed by atoms with E-state index in [1.165, 1.54) is 11.6 Å². The SMILES string of the molecule is CC1CCc2ccccc2N1C(=O)CN1CCN(C(=O)c2ccc(F)c(F)c2)CC1. The van der Waals surface area contributed by atoms with Crippen LogP contribution in [-0.2, 0) is 11.2 Å². The number of nitrogens with zero attached hydrogens (tertiary/aromatic N) is 3. The van der Waals surface area contributed by atoms with Crippen molar-refractivity contribution in [3.8, 4) is 0 Å². The van der Waals surface area contributed by atoms with Crippen LogP contribution >= 0.6 is 0 Å². The van der Waals surface area contributed by atoms with Crippen LogP contribution in [0.3, 0.4) is 0 Å². The monoisotopic (exact) mass is 413 g/mol. The molecule has 2 aliphatic rings. The Hall–Kier alpha value is -2.80. The molecular weight excluding hydrogens is 388 g/mol. The van der Waals surface area contributed by atoms with Crippen molar-refractivity contribution < 1.29 is 18.4 Å². The first-order valence-electron chi connectivity index (χ1n) is 10.3. The Bertz CT molecular complexity index is 957. The van der Waals surface area contributed by atoms with Crippen molar-refractivity contribution in [1.29, 1.82) is 0 Å². The Kier molecular flexibility index (Phi) is 5.81. The van der Waals surface area contributed by atoms with Crippen LogP contribution in [0.4, 0.5) is 14.5 Å². The molecule has 2 aliphatic heterocycles. The summed E-state index contributed by atoms with van der Waals surface area (Å²) >= 11 is 0. The minimum Gasteiger partial charge on any atom is -0.336 e. The number of carbonyl (C=O) groups excluding carboxylic acids is 2. The first kappa shape index (κ1) is 20.5. The number of hydrogen-bond acceptors (Lipinski definition) is 3. The van der Waals surface area contributed by atoms with Gasteiger partial charge in [0, 0.05) is 43.5 Å². The molecular formula is C23H25F2N3O2. The lowest BCUT2D eigenvalue weighted by Gasteiger charge is -2.38. The highest BCUT2D eigenvalue weighted by atomic mass is 19.2. The van der Waals surface area contributed by atoms with Gasteiger partial charge in [-0.2, -0.15) is 0 Å². The second-order valence-electron chi connectivity index (χ2n) is 7.98. The number of rotatable bonds is 3. The summed E-state index contributed by atoms with van der Waals surface area (Å²) in [6, 6.07) is 11.4. The number of para-hydroxylation sites is 1. The number of fused-ring (bicyclic) bond motifs is 1. The molecule has 7 heteroatoms. The minimum absolute atomic E-state index is 0.0648. The van der Waals surface area contributed by atoms with E-state index in [9.17, 15) is 18.4 Å². The van der Waals surface area contributed by atoms with Crippen LogP contribution in [0.15, 0.2) is 42.5 Å². The lowest BCUT2D eigenvalue weighted by atomic mass is 9.96. The molecule has 0 N–H and O–H groups in total. The van der Waals surface area contributed by atoms with E-state index in [1.807, 2.05) is 28.0 Å². The molecule has 2 aromatic rings. The molecule has 2 amide bonds. The van der Waals surface area contributed by atoms with Gasteiger partial charge in [-0.1, -0.05) is 18.2 Å². The molecule has 0 saturated carbocycles. The van der Waals surface area contributed by atoms with Crippen LogP contribution in [0.1, 0.15) is 29.3 Å². The highest BCUT2D eigenvalue weighted by Gasteiger charge is 2.30. The minimum atomic E-state index is -1.03. The van der Waals surface area contributed by atoms with Gasteiger partial charge in [-0.3, -0.25) is 14.5 Å². The second-order valence-corrected chi connectivity index (χ2v) is 7.98. The van der Waals surface area contributed by atoms with Gasteiger partial charge in [-0.25, -0.2) is 8.78 Å². The number of piperazine rings is 1. The Morgan fingerprint density at radius 3 is 2.47 bits per heavy atom. The number of carbonyl (C=O) groups is 2. The number of halogens is 2. The third-order valence-electron chi connectivity index (χ3n) is 5.98. The quantitative estimate of drug-likeness (QED) is 0.777. The Morgan fingerprint density at radius 1 is 1.00 bits per heavy atom. The van der Waals surface area contributed by atoms with Gasteiger partial charge >= 0.3 is 0 Å². The van der Waals surface area contributed by atoms with E-state index in [1.54, 1.807) is 4.90 Å². The van der Waals surface area contributed by atoms with Gasteiger partial charge in [0.1, 0.15) is 0 Å². The van der Waals surface area contributed by atoms with Crippen molar-refractivity contribution in [1.82, 2.24) is 9.80 Å². The van der Waals surface area contributed by atoms with Crippen LogP contribution in [0.2, 0.25) is 0 Å². The lowest BCUT2D eigenvalue weighted by molar-refractivity contribution is -0.120. The maximum Gasteiger partial charge on any atom is 0.254 e. The van der Waals surface area contributed by atoms with Gasteiger partial charge in [0.2, 0.25) is 5.91 Å². The van der Waals surface area contributed by atoms with Gasteiger partial charge in [-0.05, 0) is 49.6 Å². The molecule has 0 aromatic heterocycles. The van der Waals surface area contributed by atoms with Crippen molar-refractivity contribution in [3.05, 3.63) is 65.2 Å². The number of benzene rings is 2. The average molecular weight is 413 g/mol. The third-order valence-corrected chi connectivity index (χ3v) is 5.98. The van der Waals surface area contributed by atoms with Gasteiger partial charge in [-0.15, -0.1) is 0 Å². The van der Waals surface area contributed by atoms with Gasteiger partial charge in [0.15, 0.2) is 11.6 Å². The zero-order valence-corrected chi connectivity index (χ0v) is 17.0. The largest absolute Gasteiger partial charge is 0.336 e.